The molecule has 1 heterocycles. The second-order valence-electron chi connectivity index (χ2n) is 4.48. The van der Waals surface area contributed by atoms with Gasteiger partial charge in [0.05, 0.1) is 6.10 Å². The number of aromatic nitrogens is 1. The minimum Gasteiger partial charge on any atom is -0.381 e. The van der Waals surface area contributed by atoms with Crippen LogP contribution in [-0.4, -0.2) is 32.7 Å². The molecule has 1 saturated carbocycles. The molecule has 1 aliphatic rings. The number of nitrogens with one attached hydrogen (secondary N) is 2. The van der Waals surface area contributed by atoms with Crippen molar-refractivity contribution in [2.24, 2.45) is 5.84 Å². The third-order valence-electron chi connectivity index (χ3n) is 3.24. The highest BCUT2D eigenvalue weighted by Crippen LogP contribution is 2.24. The molecule has 1 aromatic heterocycles. The number of nitrogens with zero attached hydrogens (tertiary/aromatic N) is 1. The molecule has 2 rings (SSSR count). The van der Waals surface area contributed by atoms with E-state index in [1.165, 1.54) is 12.3 Å². The van der Waals surface area contributed by atoms with Crippen molar-refractivity contribution in [3.05, 3.63) is 18.3 Å². The van der Waals surface area contributed by atoms with Crippen LogP contribution >= 0.6 is 0 Å². The fourth-order valence-corrected chi connectivity index (χ4v) is 3.66. The molecule has 0 radical (unpaired) electrons. The van der Waals surface area contributed by atoms with Crippen LogP contribution in [0.3, 0.4) is 0 Å². The maximum absolute atomic E-state index is 12.3. The van der Waals surface area contributed by atoms with Crippen molar-refractivity contribution >= 4 is 15.8 Å². The van der Waals surface area contributed by atoms with Gasteiger partial charge in [0.15, 0.2) is 5.82 Å². The van der Waals surface area contributed by atoms with E-state index in [2.05, 4.69) is 15.1 Å². The van der Waals surface area contributed by atoms with Crippen LogP contribution in [0.4, 0.5) is 5.82 Å². The van der Waals surface area contributed by atoms with Gasteiger partial charge in [-0.3, -0.25) is 0 Å². The zero-order valence-electron chi connectivity index (χ0n) is 10.7. The Morgan fingerprint density at radius 3 is 2.89 bits per heavy atom. The van der Waals surface area contributed by atoms with Gasteiger partial charge in [-0.1, -0.05) is 0 Å². The normalized spacial score (nSPS) is 23.5. The van der Waals surface area contributed by atoms with Crippen LogP contribution in [0, 0.1) is 0 Å². The van der Waals surface area contributed by atoms with Crippen molar-refractivity contribution in [2.45, 2.75) is 36.3 Å². The second kappa shape index (κ2) is 5.83. The van der Waals surface area contributed by atoms with Crippen LogP contribution in [0.2, 0.25) is 0 Å². The van der Waals surface area contributed by atoms with E-state index in [0.29, 0.717) is 6.42 Å². The highest BCUT2D eigenvalue weighted by Gasteiger charge is 2.29. The number of methoxy groups -OCH3 is 1. The van der Waals surface area contributed by atoms with E-state index in [-0.39, 0.29) is 22.9 Å². The third-order valence-corrected chi connectivity index (χ3v) is 4.79. The van der Waals surface area contributed by atoms with E-state index in [1.54, 1.807) is 13.2 Å². The molecule has 2 atom stereocenters. The molecule has 0 saturated heterocycles. The molecule has 0 aliphatic heterocycles. The molecule has 0 aromatic carbocycles. The average Bonchev–Trinajstić information content (AvgIpc) is 2.85. The molecule has 2 unspecified atom stereocenters. The minimum atomic E-state index is -3.63. The van der Waals surface area contributed by atoms with Gasteiger partial charge >= 0.3 is 0 Å². The monoisotopic (exact) mass is 286 g/mol. The number of hydrogen-bond donors (Lipinski definition) is 3. The van der Waals surface area contributed by atoms with E-state index in [1.807, 2.05) is 0 Å². The average molecular weight is 286 g/mol. The number of pyridine rings is 1. The Morgan fingerprint density at radius 2 is 2.26 bits per heavy atom. The van der Waals surface area contributed by atoms with Crippen LogP contribution in [-0.2, 0) is 14.8 Å². The fourth-order valence-electron chi connectivity index (χ4n) is 2.26. The van der Waals surface area contributed by atoms with Gasteiger partial charge in [-0.05, 0) is 31.4 Å². The number of rotatable bonds is 5. The fraction of sp³-hybridized carbons (Fsp3) is 0.545. The zero-order valence-corrected chi connectivity index (χ0v) is 11.5. The quantitative estimate of drug-likeness (QED) is 0.528. The lowest BCUT2D eigenvalue weighted by atomic mass is 10.3. The Bertz CT molecular complexity index is 534. The lowest BCUT2D eigenvalue weighted by Gasteiger charge is -2.14. The van der Waals surface area contributed by atoms with Crippen molar-refractivity contribution in [3.63, 3.8) is 0 Å². The Balaban J connectivity index is 2.15. The largest absolute Gasteiger partial charge is 0.381 e. The molecule has 1 fully saturated rings. The van der Waals surface area contributed by atoms with Gasteiger partial charge in [-0.25, -0.2) is 24.0 Å². The first-order chi connectivity index (χ1) is 9.06. The summed E-state index contributed by atoms with van der Waals surface area (Å²) in [4.78, 5) is 3.94. The van der Waals surface area contributed by atoms with Gasteiger partial charge in [-0.2, -0.15) is 0 Å². The molecular formula is C11H18N4O3S. The first-order valence-corrected chi connectivity index (χ1v) is 7.52. The first-order valence-electron chi connectivity index (χ1n) is 6.03. The van der Waals surface area contributed by atoms with Gasteiger partial charge in [0.2, 0.25) is 10.0 Å². The summed E-state index contributed by atoms with van der Waals surface area (Å²) in [7, 11) is -1.99. The molecule has 4 N–H and O–H groups in total. The molecule has 0 amide bonds. The van der Waals surface area contributed by atoms with Crippen LogP contribution in [0.25, 0.3) is 0 Å². The number of anilines is 1. The number of nitrogen functional groups attached to an aromatic ring is 1. The molecule has 8 heteroatoms. The number of sulfonamides is 1. The highest BCUT2D eigenvalue weighted by atomic mass is 32.2. The highest BCUT2D eigenvalue weighted by molar-refractivity contribution is 7.89. The second-order valence-corrected chi connectivity index (χ2v) is 6.17. The summed E-state index contributed by atoms with van der Waals surface area (Å²) in [5, 5.41) is 0. The van der Waals surface area contributed by atoms with E-state index in [0.717, 1.165) is 12.8 Å². The summed E-state index contributed by atoms with van der Waals surface area (Å²) in [6.45, 7) is 0. The van der Waals surface area contributed by atoms with Crippen molar-refractivity contribution in [1.82, 2.24) is 9.71 Å². The van der Waals surface area contributed by atoms with Crippen molar-refractivity contribution in [3.8, 4) is 0 Å². The first kappa shape index (κ1) is 14.2. The zero-order chi connectivity index (χ0) is 13.9. The lowest BCUT2D eigenvalue weighted by molar-refractivity contribution is 0.107. The van der Waals surface area contributed by atoms with E-state index < -0.39 is 10.0 Å². The van der Waals surface area contributed by atoms with Gasteiger partial charge in [-0.15, -0.1) is 0 Å². The van der Waals surface area contributed by atoms with Crippen LogP contribution in [0.15, 0.2) is 23.2 Å². The molecule has 1 aliphatic carbocycles. The van der Waals surface area contributed by atoms with Gasteiger partial charge in [0, 0.05) is 19.3 Å². The Kier molecular flexibility index (Phi) is 4.35. The summed E-state index contributed by atoms with van der Waals surface area (Å²) in [6, 6.07) is 2.91. The predicted octanol–water partition coefficient (Wildman–Crippen LogP) is 0.213. The Morgan fingerprint density at radius 1 is 1.47 bits per heavy atom. The summed E-state index contributed by atoms with van der Waals surface area (Å²) in [6.07, 6.45) is 3.91. The van der Waals surface area contributed by atoms with Gasteiger partial charge in [0.25, 0.3) is 0 Å². The van der Waals surface area contributed by atoms with Crippen LogP contribution in [0.1, 0.15) is 19.3 Å². The molecule has 0 bridgehead atoms. The van der Waals surface area contributed by atoms with E-state index in [4.69, 9.17) is 10.6 Å². The van der Waals surface area contributed by atoms with Crippen molar-refractivity contribution in [2.75, 3.05) is 12.5 Å². The maximum Gasteiger partial charge on any atom is 0.244 e. The van der Waals surface area contributed by atoms with Gasteiger partial charge < -0.3 is 10.2 Å². The lowest BCUT2D eigenvalue weighted by Crippen LogP contribution is -2.34. The van der Waals surface area contributed by atoms with Gasteiger partial charge in [0.1, 0.15) is 4.90 Å². The number of hydrogen-bond acceptors (Lipinski definition) is 6. The molecular weight excluding hydrogens is 268 g/mol. The Labute approximate surface area is 112 Å². The molecule has 19 heavy (non-hydrogen) atoms. The number of nitrogens with two attached hydrogens (primary N) is 1. The third kappa shape index (κ3) is 3.21. The smallest absolute Gasteiger partial charge is 0.244 e. The van der Waals surface area contributed by atoms with Crippen LogP contribution in [0.5, 0.6) is 0 Å². The minimum absolute atomic E-state index is 0.0540. The molecule has 1 aromatic rings. The van der Waals surface area contributed by atoms with Crippen molar-refractivity contribution in [1.29, 1.82) is 0 Å². The maximum atomic E-state index is 12.3. The van der Waals surface area contributed by atoms with E-state index in [9.17, 15) is 8.42 Å². The SMILES string of the molecule is COC1CCC(NS(=O)(=O)c2cccnc2NN)C1. The number of hydrazine groups is 1. The summed E-state index contributed by atoms with van der Waals surface area (Å²) in [5.74, 6) is 5.41. The Hall–Kier alpha value is -1.22. The van der Waals surface area contributed by atoms with Crippen LogP contribution < -0.4 is 16.0 Å². The molecule has 7 nitrogen and oxygen atoms in total. The molecule has 106 valence electrons. The summed E-state index contributed by atoms with van der Waals surface area (Å²) in [5.41, 5.74) is 2.29. The predicted molar refractivity (Wildman–Crippen MR) is 70.8 cm³/mol. The summed E-state index contributed by atoms with van der Waals surface area (Å²) >= 11 is 0. The molecule has 0 spiro atoms. The van der Waals surface area contributed by atoms with E-state index >= 15 is 0 Å². The standard InChI is InChI=1S/C11H18N4O3S/c1-18-9-5-4-8(7-9)15-19(16,17)10-3-2-6-13-11(10)14-12/h2-3,6,8-9,15H,4-5,7,12H2,1H3,(H,13,14). The van der Waals surface area contributed by atoms with Crippen molar-refractivity contribution < 1.29 is 13.2 Å². The topological polar surface area (TPSA) is 106 Å². The summed E-state index contributed by atoms with van der Waals surface area (Å²) < 4.78 is 32.4. The number of ether oxygens (including phenoxy) is 1.